The van der Waals surface area contributed by atoms with Crippen molar-refractivity contribution in [2.45, 2.75) is 26.7 Å². The van der Waals surface area contributed by atoms with Crippen LogP contribution in [0.15, 0.2) is 36.4 Å². The van der Waals surface area contributed by atoms with Gasteiger partial charge in [-0.3, -0.25) is 4.79 Å². The molecule has 0 radical (unpaired) electrons. The van der Waals surface area contributed by atoms with Gasteiger partial charge in [0.1, 0.15) is 5.75 Å². The van der Waals surface area contributed by atoms with Crippen molar-refractivity contribution in [3.63, 3.8) is 0 Å². The monoisotopic (exact) mass is 302 g/mol. The Morgan fingerprint density at radius 1 is 1.05 bits per heavy atom. The number of carbonyl (C=O) groups is 1. The van der Waals surface area contributed by atoms with Crippen molar-refractivity contribution in [1.29, 1.82) is 0 Å². The van der Waals surface area contributed by atoms with Crippen LogP contribution in [0.4, 0.5) is 0 Å². The van der Waals surface area contributed by atoms with Gasteiger partial charge in [0.25, 0.3) is 0 Å². The first-order valence-corrected chi connectivity index (χ1v) is 7.48. The van der Waals surface area contributed by atoms with E-state index in [0.29, 0.717) is 16.3 Å². The van der Waals surface area contributed by atoms with Gasteiger partial charge in [0, 0.05) is 10.6 Å². The summed E-state index contributed by atoms with van der Waals surface area (Å²) in [5.74, 6) is 0.509. The minimum absolute atomic E-state index is 0.0403. The van der Waals surface area contributed by atoms with Crippen molar-refractivity contribution in [3.05, 3.63) is 63.7 Å². The highest BCUT2D eigenvalue weighted by atomic mass is 35.5. The number of hydrogen-bond acceptors (Lipinski definition) is 2. The van der Waals surface area contributed by atoms with Crippen molar-refractivity contribution in [2.24, 2.45) is 0 Å². The normalized spacial score (nSPS) is 10.5. The highest BCUT2D eigenvalue weighted by Crippen LogP contribution is 2.27. The Kier molecular flexibility index (Phi) is 5.03. The molecule has 110 valence electrons. The molecule has 2 aromatic rings. The molecule has 21 heavy (non-hydrogen) atoms. The Morgan fingerprint density at radius 2 is 1.81 bits per heavy atom. The summed E-state index contributed by atoms with van der Waals surface area (Å²) in [7, 11) is 1.56. The molecule has 0 heterocycles. The molecule has 0 amide bonds. The zero-order valence-corrected chi connectivity index (χ0v) is 13.3. The van der Waals surface area contributed by atoms with E-state index in [9.17, 15) is 4.79 Å². The predicted octanol–water partition coefficient (Wildman–Crippen LogP) is 4.70. The summed E-state index contributed by atoms with van der Waals surface area (Å²) in [6.45, 7) is 4.13. The standard InChI is InChI=1S/C18H19ClO2/c1-4-12-6-7-13(5-2)15(10-12)18(20)16-11-14(19)8-9-17(16)21-3/h6-11H,4-5H2,1-3H3. The van der Waals surface area contributed by atoms with Crippen molar-refractivity contribution < 1.29 is 9.53 Å². The molecule has 0 aromatic heterocycles. The van der Waals surface area contributed by atoms with Crippen LogP contribution in [-0.4, -0.2) is 12.9 Å². The zero-order valence-electron chi connectivity index (χ0n) is 12.6. The molecule has 0 saturated heterocycles. The van der Waals surface area contributed by atoms with E-state index < -0.39 is 0 Å². The average molecular weight is 303 g/mol. The molecule has 0 saturated carbocycles. The van der Waals surface area contributed by atoms with Gasteiger partial charge in [-0.05, 0) is 48.2 Å². The largest absolute Gasteiger partial charge is 0.496 e. The lowest BCUT2D eigenvalue weighted by Gasteiger charge is -2.12. The predicted molar refractivity (Wildman–Crippen MR) is 86.6 cm³/mol. The molecule has 0 atom stereocenters. The van der Waals surface area contributed by atoms with E-state index in [4.69, 9.17) is 16.3 Å². The van der Waals surface area contributed by atoms with Gasteiger partial charge >= 0.3 is 0 Å². The number of rotatable bonds is 5. The summed E-state index contributed by atoms with van der Waals surface area (Å²) < 4.78 is 5.29. The lowest BCUT2D eigenvalue weighted by Crippen LogP contribution is -2.08. The molecule has 3 heteroatoms. The van der Waals surface area contributed by atoms with Crippen LogP contribution in [-0.2, 0) is 12.8 Å². The van der Waals surface area contributed by atoms with E-state index in [1.807, 2.05) is 19.1 Å². The average Bonchev–Trinajstić information content (AvgIpc) is 2.53. The molecule has 0 spiro atoms. The molecule has 2 nitrogen and oxygen atoms in total. The van der Waals surface area contributed by atoms with Crippen molar-refractivity contribution in [3.8, 4) is 5.75 Å². The molecule has 0 aliphatic rings. The van der Waals surface area contributed by atoms with Gasteiger partial charge in [-0.15, -0.1) is 0 Å². The minimum Gasteiger partial charge on any atom is -0.496 e. The number of ether oxygens (including phenoxy) is 1. The first-order chi connectivity index (χ1) is 10.1. The third-order valence-electron chi connectivity index (χ3n) is 3.61. The van der Waals surface area contributed by atoms with Crippen LogP contribution in [0.1, 0.15) is 40.9 Å². The van der Waals surface area contributed by atoms with Gasteiger partial charge < -0.3 is 4.74 Å². The fourth-order valence-electron chi connectivity index (χ4n) is 2.37. The molecule has 0 aliphatic heterocycles. The number of hydrogen-bond donors (Lipinski definition) is 0. The topological polar surface area (TPSA) is 26.3 Å². The summed E-state index contributed by atoms with van der Waals surface area (Å²) >= 11 is 6.03. The summed E-state index contributed by atoms with van der Waals surface area (Å²) in [5, 5.41) is 0.531. The molecule has 2 aromatic carbocycles. The lowest BCUT2D eigenvalue weighted by atomic mass is 9.94. The van der Waals surface area contributed by atoms with Crippen molar-refractivity contribution in [2.75, 3.05) is 7.11 Å². The van der Waals surface area contributed by atoms with E-state index in [2.05, 4.69) is 13.0 Å². The maximum atomic E-state index is 12.9. The Labute approximate surface area is 130 Å². The molecule has 0 unspecified atom stereocenters. The smallest absolute Gasteiger partial charge is 0.197 e. The van der Waals surface area contributed by atoms with E-state index in [1.54, 1.807) is 25.3 Å². The molecule has 0 N–H and O–H groups in total. The summed E-state index contributed by atoms with van der Waals surface area (Å²) in [6.07, 6.45) is 1.71. The summed E-state index contributed by atoms with van der Waals surface area (Å²) in [6, 6.07) is 11.2. The summed E-state index contributed by atoms with van der Waals surface area (Å²) in [5.41, 5.74) is 3.43. The van der Waals surface area contributed by atoms with Gasteiger partial charge in [0.05, 0.1) is 12.7 Å². The SMILES string of the molecule is CCc1ccc(CC)c(C(=O)c2cc(Cl)ccc2OC)c1. The van der Waals surface area contributed by atoms with Crippen LogP contribution in [0, 0.1) is 0 Å². The molecule has 0 aliphatic carbocycles. The Morgan fingerprint density at radius 3 is 2.43 bits per heavy atom. The Hall–Kier alpha value is -1.80. The second-order valence-corrected chi connectivity index (χ2v) is 5.31. The van der Waals surface area contributed by atoms with Crippen LogP contribution in [0.5, 0.6) is 5.75 Å². The van der Waals surface area contributed by atoms with E-state index in [1.165, 1.54) is 0 Å². The van der Waals surface area contributed by atoms with Crippen LogP contribution >= 0.6 is 11.6 Å². The third kappa shape index (κ3) is 3.27. The Bertz CT molecular complexity index is 662. The number of methoxy groups -OCH3 is 1. The second kappa shape index (κ2) is 6.77. The zero-order chi connectivity index (χ0) is 15.4. The fourth-order valence-corrected chi connectivity index (χ4v) is 2.54. The number of ketones is 1. The summed E-state index contributed by atoms with van der Waals surface area (Å²) in [4.78, 5) is 12.9. The quantitative estimate of drug-likeness (QED) is 0.748. The Balaban J connectivity index is 2.56. The van der Waals surface area contributed by atoms with E-state index in [-0.39, 0.29) is 5.78 Å². The fraction of sp³-hybridized carbons (Fsp3) is 0.278. The van der Waals surface area contributed by atoms with E-state index >= 15 is 0 Å². The van der Waals surface area contributed by atoms with Crippen LogP contribution in [0.25, 0.3) is 0 Å². The van der Waals surface area contributed by atoms with Crippen molar-refractivity contribution in [1.82, 2.24) is 0 Å². The highest BCUT2D eigenvalue weighted by Gasteiger charge is 2.18. The first-order valence-electron chi connectivity index (χ1n) is 7.10. The molecule has 0 fully saturated rings. The number of halogens is 1. The molecular weight excluding hydrogens is 284 g/mol. The maximum Gasteiger partial charge on any atom is 0.197 e. The highest BCUT2D eigenvalue weighted by molar-refractivity contribution is 6.31. The number of benzene rings is 2. The van der Waals surface area contributed by atoms with Gasteiger partial charge in [0.15, 0.2) is 5.78 Å². The van der Waals surface area contributed by atoms with Gasteiger partial charge in [-0.1, -0.05) is 37.6 Å². The van der Waals surface area contributed by atoms with Gasteiger partial charge in [-0.2, -0.15) is 0 Å². The molecular formula is C18H19ClO2. The van der Waals surface area contributed by atoms with Gasteiger partial charge in [-0.25, -0.2) is 0 Å². The molecule has 2 rings (SSSR count). The van der Waals surface area contributed by atoms with Crippen LogP contribution < -0.4 is 4.74 Å². The van der Waals surface area contributed by atoms with Crippen molar-refractivity contribution >= 4 is 17.4 Å². The van der Waals surface area contributed by atoms with Gasteiger partial charge in [0.2, 0.25) is 0 Å². The minimum atomic E-state index is -0.0403. The molecule has 0 bridgehead atoms. The lowest BCUT2D eigenvalue weighted by molar-refractivity contribution is 0.103. The van der Waals surface area contributed by atoms with E-state index in [0.717, 1.165) is 29.5 Å². The van der Waals surface area contributed by atoms with Crippen LogP contribution in [0.2, 0.25) is 5.02 Å². The third-order valence-corrected chi connectivity index (χ3v) is 3.85. The number of carbonyl (C=O) groups excluding carboxylic acids is 1. The second-order valence-electron chi connectivity index (χ2n) is 4.87. The maximum absolute atomic E-state index is 12.9. The number of aryl methyl sites for hydroxylation is 2. The first kappa shape index (κ1) is 15.6. The van der Waals surface area contributed by atoms with Crippen LogP contribution in [0.3, 0.4) is 0 Å².